The van der Waals surface area contributed by atoms with E-state index in [2.05, 4.69) is 20.9 Å². The first-order chi connectivity index (χ1) is 13.1. The molecule has 27 heavy (non-hydrogen) atoms. The van der Waals surface area contributed by atoms with Crippen molar-refractivity contribution in [3.05, 3.63) is 23.8 Å². The molecule has 3 amide bonds. The second-order valence-electron chi connectivity index (χ2n) is 5.83. The molecule has 1 saturated heterocycles. The second-order valence-corrected chi connectivity index (χ2v) is 5.83. The van der Waals surface area contributed by atoms with Gasteiger partial charge in [-0.25, -0.2) is 4.79 Å². The number of carbonyl (C=O) groups is 2. The third-order valence-electron chi connectivity index (χ3n) is 4.03. The van der Waals surface area contributed by atoms with Gasteiger partial charge in [0.15, 0.2) is 17.5 Å². The van der Waals surface area contributed by atoms with E-state index in [4.69, 9.17) is 9.47 Å². The zero-order valence-corrected chi connectivity index (χ0v) is 16.0. The number of nitrogens with zero attached hydrogens (tertiary/aromatic N) is 2. The van der Waals surface area contributed by atoms with Crippen LogP contribution in [0.2, 0.25) is 0 Å². The number of rotatable bonds is 9. The minimum absolute atomic E-state index is 0.0678. The largest absolute Gasteiger partial charge is 0.493 e. The third-order valence-corrected chi connectivity index (χ3v) is 4.03. The molecule has 148 valence electrons. The molecule has 1 fully saturated rings. The first-order valence-corrected chi connectivity index (χ1v) is 8.90. The summed E-state index contributed by atoms with van der Waals surface area (Å²) in [5.74, 6) is 1.82. The zero-order chi connectivity index (χ0) is 19.6. The van der Waals surface area contributed by atoms with Crippen LogP contribution in [0.5, 0.6) is 11.5 Å². The minimum atomic E-state index is -0.350. The first-order valence-electron chi connectivity index (χ1n) is 8.90. The summed E-state index contributed by atoms with van der Waals surface area (Å²) in [6.07, 6.45) is 0.740. The smallest absolute Gasteiger partial charge is 0.324 e. The van der Waals surface area contributed by atoms with Crippen LogP contribution >= 0.6 is 0 Å². The van der Waals surface area contributed by atoms with Gasteiger partial charge in [-0.2, -0.15) is 0 Å². The highest BCUT2D eigenvalue weighted by Gasteiger charge is 2.27. The van der Waals surface area contributed by atoms with E-state index >= 15 is 0 Å². The number of aliphatic imine (C=N–C) groups is 1. The Labute approximate surface area is 159 Å². The first kappa shape index (κ1) is 20.3. The number of hydrogen-bond acceptors (Lipinski definition) is 5. The number of nitrogens with one attached hydrogen (secondary N) is 3. The monoisotopic (exact) mass is 377 g/mol. The van der Waals surface area contributed by atoms with E-state index in [9.17, 15) is 9.59 Å². The molecule has 0 bridgehead atoms. The summed E-state index contributed by atoms with van der Waals surface area (Å²) in [6.45, 7) is 4.06. The third kappa shape index (κ3) is 5.77. The van der Waals surface area contributed by atoms with E-state index in [0.29, 0.717) is 43.6 Å². The Morgan fingerprint density at radius 2 is 2.00 bits per heavy atom. The normalized spacial score (nSPS) is 14.2. The Hall–Kier alpha value is -2.97. The number of hydrogen-bond donors (Lipinski definition) is 3. The summed E-state index contributed by atoms with van der Waals surface area (Å²) in [7, 11) is 3.22. The molecule has 1 aliphatic heterocycles. The molecular formula is C18H27N5O4. The molecule has 0 radical (unpaired) electrons. The molecular weight excluding hydrogens is 350 g/mol. The quantitative estimate of drug-likeness (QED) is 0.326. The van der Waals surface area contributed by atoms with Gasteiger partial charge in [-0.1, -0.05) is 6.07 Å². The number of methoxy groups -OCH3 is 2. The topological polar surface area (TPSA) is 104 Å². The van der Waals surface area contributed by atoms with Crippen molar-refractivity contribution in [2.24, 2.45) is 4.99 Å². The van der Waals surface area contributed by atoms with Crippen LogP contribution < -0.4 is 25.4 Å². The maximum Gasteiger partial charge on any atom is 0.324 e. The maximum absolute atomic E-state index is 11.6. The fraction of sp³-hybridized carbons (Fsp3) is 0.500. The van der Waals surface area contributed by atoms with Crippen molar-refractivity contribution in [3.63, 3.8) is 0 Å². The summed E-state index contributed by atoms with van der Waals surface area (Å²) in [5.41, 5.74) is 1.09. The highest BCUT2D eigenvalue weighted by Crippen LogP contribution is 2.27. The molecule has 0 aromatic heterocycles. The summed E-state index contributed by atoms with van der Waals surface area (Å²) >= 11 is 0. The molecule has 9 heteroatoms. The molecule has 0 unspecified atom stereocenters. The lowest BCUT2D eigenvalue weighted by Gasteiger charge is -2.15. The highest BCUT2D eigenvalue weighted by molar-refractivity contribution is 6.01. The molecule has 1 aromatic rings. The van der Waals surface area contributed by atoms with Gasteiger partial charge in [0.25, 0.3) is 0 Å². The van der Waals surface area contributed by atoms with Gasteiger partial charge in [-0.3, -0.25) is 14.7 Å². The molecule has 1 heterocycles. The molecule has 1 aromatic carbocycles. The van der Waals surface area contributed by atoms with Crippen LogP contribution in [-0.4, -0.2) is 69.7 Å². The van der Waals surface area contributed by atoms with E-state index in [1.165, 1.54) is 4.90 Å². The van der Waals surface area contributed by atoms with Gasteiger partial charge in [0.05, 0.1) is 20.8 Å². The minimum Gasteiger partial charge on any atom is -0.493 e. The van der Waals surface area contributed by atoms with Crippen molar-refractivity contribution in [2.75, 3.05) is 46.9 Å². The van der Waals surface area contributed by atoms with Crippen LogP contribution in [0.15, 0.2) is 23.2 Å². The lowest BCUT2D eigenvalue weighted by atomic mass is 10.1. The lowest BCUT2D eigenvalue weighted by molar-refractivity contribution is -0.124. The molecule has 3 N–H and O–H groups in total. The Morgan fingerprint density at radius 1 is 1.22 bits per heavy atom. The number of guanidine groups is 1. The molecule has 0 spiro atoms. The molecule has 1 aliphatic rings. The fourth-order valence-electron chi connectivity index (χ4n) is 2.64. The number of urea groups is 1. The number of ether oxygens (including phenoxy) is 2. The van der Waals surface area contributed by atoms with Crippen LogP contribution in [-0.2, 0) is 11.2 Å². The van der Waals surface area contributed by atoms with Crippen molar-refractivity contribution in [1.29, 1.82) is 0 Å². The summed E-state index contributed by atoms with van der Waals surface area (Å²) in [4.78, 5) is 28.8. The highest BCUT2D eigenvalue weighted by atomic mass is 16.5. The van der Waals surface area contributed by atoms with Crippen LogP contribution in [0.4, 0.5) is 4.79 Å². The van der Waals surface area contributed by atoms with Gasteiger partial charge >= 0.3 is 6.03 Å². The molecule has 0 atom stereocenters. The van der Waals surface area contributed by atoms with Gasteiger partial charge in [0.2, 0.25) is 5.91 Å². The number of benzene rings is 1. The van der Waals surface area contributed by atoms with Gasteiger partial charge < -0.3 is 25.4 Å². The zero-order valence-electron chi connectivity index (χ0n) is 16.0. The van der Waals surface area contributed by atoms with Gasteiger partial charge in [0.1, 0.15) is 0 Å². The Balaban J connectivity index is 1.85. The standard InChI is InChI=1S/C18H27N5O4/c1-4-19-17(21-9-10-23-16(24)12-22-18(23)25)20-8-7-13-5-6-14(26-2)15(11-13)27-3/h5-6,11H,4,7-10,12H2,1-3H3,(H,22,25)(H2,19,20,21). The van der Waals surface area contributed by atoms with Crippen molar-refractivity contribution >= 4 is 17.9 Å². The van der Waals surface area contributed by atoms with Crippen LogP contribution in [0.25, 0.3) is 0 Å². The van der Waals surface area contributed by atoms with Crippen molar-refractivity contribution < 1.29 is 19.1 Å². The predicted molar refractivity (Wildman–Crippen MR) is 102 cm³/mol. The maximum atomic E-state index is 11.6. The van der Waals surface area contributed by atoms with E-state index in [1.807, 2.05) is 25.1 Å². The second kappa shape index (κ2) is 10.2. The van der Waals surface area contributed by atoms with Gasteiger partial charge in [-0.05, 0) is 31.0 Å². The number of carbonyl (C=O) groups excluding carboxylic acids is 2. The average Bonchev–Trinajstić information content (AvgIpc) is 2.99. The van der Waals surface area contributed by atoms with Crippen molar-refractivity contribution in [2.45, 2.75) is 13.3 Å². The van der Waals surface area contributed by atoms with Gasteiger partial charge in [0, 0.05) is 26.2 Å². The number of amides is 3. The SMILES string of the molecule is CCNC(=NCCc1ccc(OC)c(OC)c1)NCCN1C(=O)CNC1=O. The van der Waals surface area contributed by atoms with Crippen molar-refractivity contribution in [3.8, 4) is 11.5 Å². The van der Waals surface area contributed by atoms with Crippen LogP contribution in [0.1, 0.15) is 12.5 Å². The Kier molecular flexibility index (Phi) is 7.72. The Bertz CT molecular complexity index is 676. The average molecular weight is 377 g/mol. The van der Waals surface area contributed by atoms with E-state index in [-0.39, 0.29) is 18.5 Å². The van der Waals surface area contributed by atoms with E-state index in [1.54, 1.807) is 14.2 Å². The summed E-state index contributed by atoms with van der Waals surface area (Å²) in [5, 5.41) is 8.78. The lowest BCUT2D eigenvalue weighted by Crippen LogP contribution is -2.43. The molecule has 0 aliphatic carbocycles. The van der Waals surface area contributed by atoms with Gasteiger partial charge in [-0.15, -0.1) is 0 Å². The summed E-state index contributed by atoms with van der Waals surface area (Å²) < 4.78 is 10.6. The molecule has 0 saturated carbocycles. The molecule has 9 nitrogen and oxygen atoms in total. The van der Waals surface area contributed by atoms with E-state index < -0.39 is 0 Å². The number of imide groups is 1. The fourth-order valence-corrected chi connectivity index (χ4v) is 2.64. The van der Waals surface area contributed by atoms with Crippen molar-refractivity contribution in [1.82, 2.24) is 20.9 Å². The Morgan fingerprint density at radius 3 is 2.63 bits per heavy atom. The van der Waals surface area contributed by atoms with Crippen LogP contribution in [0.3, 0.4) is 0 Å². The van der Waals surface area contributed by atoms with Crippen LogP contribution in [0, 0.1) is 0 Å². The molecule has 2 rings (SSSR count). The summed E-state index contributed by atoms with van der Waals surface area (Å²) in [6, 6.07) is 5.44. The van der Waals surface area contributed by atoms with E-state index in [0.717, 1.165) is 12.0 Å². The predicted octanol–water partition coefficient (Wildman–Crippen LogP) is 0.353.